The van der Waals surface area contributed by atoms with E-state index in [1.165, 1.54) is 43.8 Å². The van der Waals surface area contributed by atoms with Gasteiger partial charge in [0.05, 0.1) is 87.5 Å². The number of ether oxygens (including phenoxy) is 3. The largest absolute Gasteiger partial charge is 0.497 e. The quantitative estimate of drug-likeness (QED) is 0.109. The number of hydrogen-bond donors (Lipinski definition) is 2. The zero-order valence-corrected chi connectivity index (χ0v) is 40.5. The molecule has 2 saturated heterocycles. The molecule has 8 aliphatic rings. The molecule has 0 radical (unpaired) electrons. The number of hydrogen-bond acceptors (Lipinski definition) is 15. The molecule has 14 rings (SSSR count). The second-order valence-corrected chi connectivity index (χ2v) is 22.3. The van der Waals surface area contributed by atoms with Crippen LogP contribution in [0.15, 0.2) is 78.9 Å². The maximum Gasteiger partial charge on any atom is 0.307 e. The maximum atomic E-state index is 12.8. The van der Waals surface area contributed by atoms with E-state index < -0.39 is 17.8 Å². The third-order valence-electron chi connectivity index (χ3n) is 15.8. The summed E-state index contributed by atoms with van der Waals surface area (Å²) in [5, 5.41) is 13.8. The molecular weight excluding hydrogens is 953 g/mol. The van der Waals surface area contributed by atoms with Crippen LogP contribution >= 0.6 is 34.0 Å². The number of rotatable bonds is 8. The summed E-state index contributed by atoms with van der Waals surface area (Å²) in [6.07, 6.45) is 13.0. The van der Waals surface area contributed by atoms with E-state index >= 15 is 0 Å². The summed E-state index contributed by atoms with van der Waals surface area (Å²) in [6, 6.07) is 16.7. The number of amides is 5. The number of nitrogens with zero attached hydrogens (tertiary/aromatic N) is 5. The minimum Gasteiger partial charge on any atom is -0.497 e. The number of allylic oxidation sites excluding steroid dienone is 4. The lowest BCUT2D eigenvalue weighted by Gasteiger charge is -2.26. The van der Waals surface area contributed by atoms with Crippen LogP contribution in [0.25, 0.3) is 30.6 Å². The number of carbonyl (C=O) groups is 6. The van der Waals surface area contributed by atoms with Crippen LogP contribution in [0.3, 0.4) is 0 Å². The fraction of sp³-hybridized carbons (Fsp3) is 0.392. The zero-order valence-electron chi connectivity index (χ0n) is 38.1. The van der Waals surface area contributed by atoms with Crippen LogP contribution < -0.4 is 29.3 Å². The number of imide groups is 2. The van der Waals surface area contributed by atoms with Crippen molar-refractivity contribution in [3.8, 4) is 17.2 Å². The van der Waals surface area contributed by atoms with Gasteiger partial charge in [-0.15, -0.1) is 0 Å². The molecule has 6 aromatic rings. The molecule has 3 aromatic heterocycles. The predicted molar refractivity (Wildman–Crippen MR) is 263 cm³/mol. The Labute approximate surface area is 412 Å². The van der Waals surface area contributed by atoms with Gasteiger partial charge in [-0.1, -0.05) is 58.3 Å². The van der Waals surface area contributed by atoms with Gasteiger partial charge in [-0.3, -0.25) is 28.8 Å². The molecule has 16 nitrogen and oxygen atoms in total. The predicted octanol–water partition coefficient (Wildman–Crippen LogP) is 8.22. The smallest absolute Gasteiger partial charge is 0.307 e. The summed E-state index contributed by atoms with van der Waals surface area (Å²) in [6.45, 7) is 0. The standard InChI is InChI=1S/C17H18N2O4S.2C17H14N2O3S/c1-23-10-4-5-11-12(7-10)24-17(18-11)19-15(20)13-8-2-3-9(6-8)14(13)16(21)22;2*1-22-10-4-5-11-12(7-10)23-17(18-11)19-15(20)13-8-2-3-9(6-8)14(13)16(19)21/h4-5,7-9,13-14H,2-3,6H2,1H3,(H,21,22)(H,18,19,20);2*2-5,7-9,13-14H,6H2,1H3. The molecule has 19 heteroatoms. The molecule has 6 fully saturated rings. The van der Waals surface area contributed by atoms with Gasteiger partial charge in [-0.25, -0.2) is 24.8 Å². The molecule has 2 N–H and O–H groups in total. The number of aliphatic carboxylic acids is 1. The summed E-state index contributed by atoms with van der Waals surface area (Å²) in [7, 11) is 4.83. The van der Waals surface area contributed by atoms with Crippen LogP contribution in [0.4, 0.5) is 15.4 Å². The summed E-state index contributed by atoms with van der Waals surface area (Å²) < 4.78 is 18.4. The highest BCUT2D eigenvalue weighted by Gasteiger charge is 2.61. The molecule has 5 amide bonds. The second-order valence-electron chi connectivity index (χ2n) is 19.2. The summed E-state index contributed by atoms with van der Waals surface area (Å²) in [4.78, 5) is 91.5. The fourth-order valence-electron chi connectivity index (χ4n) is 12.7. The number of fused-ring (bicyclic) bond motifs is 15. The van der Waals surface area contributed by atoms with Gasteiger partial charge in [0.1, 0.15) is 17.2 Å². The number of anilines is 3. The van der Waals surface area contributed by atoms with Gasteiger partial charge in [-0.05, 0) is 122 Å². The Hall–Kier alpha value is -6.57. The van der Waals surface area contributed by atoms with E-state index in [0.29, 0.717) is 15.4 Å². The molecule has 12 unspecified atom stereocenters. The maximum absolute atomic E-state index is 12.8. The SMILES string of the molecule is COc1ccc2nc(N3C(=O)C4C5C=CC(C5)C4C3=O)sc2c1.COc1ccc2nc(N3C(=O)C4C5C=CC(C5)C4C3=O)sc2c1.COc1ccc2nc(NC(=O)C3C4CCC(C4)C3C(=O)O)sc2c1. The Bertz CT molecular complexity index is 3060. The first-order valence-electron chi connectivity index (χ1n) is 23.4. The van der Waals surface area contributed by atoms with E-state index in [0.717, 1.165) is 80.0 Å². The molecular formula is C51H46N6O10S3. The van der Waals surface area contributed by atoms with Crippen molar-refractivity contribution < 1.29 is 48.1 Å². The third kappa shape index (κ3) is 7.13. The van der Waals surface area contributed by atoms with E-state index in [1.807, 2.05) is 54.6 Å². The van der Waals surface area contributed by atoms with E-state index in [9.17, 15) is 33.9 Å². The highest BCUT2D eigenvalue weighted by atomic mass is 32.1. The fourth-order valence-corrected chi connectivity index (χ4v) is 15.6. The summed E-state index contributed by atoms with van der Waals surface area (Å²) in [5.74, 6) is 0.336. The first-order valence-corrected chi connectivity index (χ1v) is 25.9. The molecule has 6 aliphatic carbocycles. The van der Waals surface area contributed by atoms with Crippen molar-refractivity contribution in [2.45, 2.75) is 32.1 Å². The van der Waals surface area contributed by atoms with E-state index in [2.05, 4.69) is 44.6 Å². The normalized spacial score (nSPS) is 30.3. The first kappa shape index (κ1) is 44.6. The molecule has 358 valence electrons. The van der Waals surface area contributed by atoms with Gasteiger partial charge in [-0.2, -0.15) is 0 Å². The van der Waals surface area contributed by atoms with E-state index in [1.54, 1.807) is 21.3 Å². The average molecular weight is 999 g/mol. The van der Waals surface area contributed by atoms with Crippen molar-refractivity contribution in [3.63, 3.8) is 0 Å². The number of benzene rings is 3. The lowest BCUT2D eigenvalue weighted by molar-refractivity contribution is -0.148. The molecule has 4 saturated carbocycles. The van der Waals surface area contributed by atoms with Crippen molar-refractivity contribution >= 4 is 116 Å². The Morgan fingerprint density at radius 1 is 0.557 bits per heavy atom. The molecule has 3 aromatic carbocycles. The number of carbonyl (C=O) groups excluding carboxylic acids is 5. The number of thiazole rings is 3. The summed E-state index contributed by atoms with van der Waals surface area (Å²) in [5.41, 5.74) is 2.35. The molecule has 70 heavy (non-hydrogen) atoms. The van der Waals surface area contributed by atoms with Crippen molar-refractivity contribution in [2.24, 2.45) is 71.0 Å². The van der Waals surface area contributed by atoms with Crippen molar-refractivity contribution in [1.29, 1.82) is 0 Å². The monoisotopic (exact) mass is 998 g/mol. The molecule has 0 spiro atoms. The highest BCUT2D eigenvalue weighted by molar-refractivity contribution is 7.23. The highest BCUT2D eigenvalue weighted by Crippen LogP contribution is 2.56. The second kappa shape index (κ2) is 17.1. The van der Waals surface area contributed by atoms with Crippen LogP contribution in [-0.4, -0.2) is 76.9 Å². The molecule has 2 aliphatic heterocycles. The molecule has 6 bridgehead atoms. The van der Waals surface area contributed by atoms with Gasteiger partial charge in [0.15, 0.2) is 15.4 Å². The Kier molecular flexibility index (Phi) is 10.9. The number of carboxylic acids is 1. The van der Waals surface area contributed by atoms with E-state index in [-0.39, 0.29) is 88.7 Å². The first-order chi connectivity index (χ1) is 33.9. The van der Waals surface area contributed by atoms with Gasteiger partial charge in [0.2, 0.25) is 29.5 Å². The minimum atomic E-state index is -0.851. The molecule has 12 atom stereocenters. The topological polar surface area (TPSA) is 208 Å². The number of carboxylic acid groups (broad SMARTS) is 1. The van der Waals surface area contributed by atoms with Crippen LogP contribution in [0, 0.1) is 71.0 Å². The van der Waals surface area contributed by atoms with Crippen LogP contribution in [0.1, 0.15) is 32.1 Å². The zero-order chi connectivity index (χ0) is 48.3. The van der Waals surface area contributed by atoms with Crippen LogP contribution in [-0.2, 0) is 28.8 Å². The van der Waals surface area contributed by atoms with Crippen molar-refractivity contribution in [3.05, 3.63) is 78.9 Å². The van der Waals surface area contributed by atoms with Gasteiger partial charge >= 0.3 is 5.97 Å². The van der Waals surface area contributed by atoms with Gasteiger partial charge < -0.3 is 24.6 Å². The molecule has 5 heterocycles. The van der Waals surface area contributed by atoms with Gasteiger partial charge in [0, 0.05) is 0 Å². The van der Waals surface area contributed by atoms with Gasteiger partial charge in [0.25, 0.3) is 0 Å². The van der Waals surface area contributed by atoms with E-state index in [4.69, 9.17) is 14.2 Å². The third-order valence-corrected chi connectivity index (χ3v) is 18.8. The van der Waals surface area contributed by atoms with Crippen molar-refractivity contribution in [1.82, 2.24) is 15.0 Å². The average Bonchev–Trinajstić information content (AvgIpc) is 4.20. The lowest BCUT2D eigenvalue weighted by atomic mass is 9.79. The van der Waals surface area contributed by atoms with Crippen LogP contribution in [0.5, 0.6) is 17.2 Å². The lowest BCUT2D eigenvalue weighted by Crippen LogP contribution is -2.37. The van der Waals surface area contributed by atoms with Crippen molar-refractivity contribution in [2.75, 3.05) is 36.4 Å². The summed E-state index contributed by atoms with van der Waals surface area (Å²) >= 11 is 4.10. The van der Waals surface area contributed by atoms with Crippen LogP contribution in [0.2, 0.25) is 0 Å². The Morgan fingerprint density at radius 3 is 1.34 bits per heavy atom. The minimum absolute atomic E-state index is 0.0807. The number of aromatic nitrogens is 3. The number of methoxy groups -OCH3 is 3. The number of nitrogens with one attached hydrogen (secondary N) is 1. The Morgan fingerprint density at radius 2 is 0.943 bits per heavy atom. The Balaban J connectivity index is 0.000000108.